The smallest absolute Gasteiger partial charge is 0.264 e. The minimum absolute atomic E-state index is 0.0975. The highest BCUT2D eigenvalue weighted by Gasteiger charge is 2.33. The zero-order chi connectivity index (χ0) is 28.4. The van der Waals surface area contributed by atoms with Gasteiger partial charge in [-0.25, -0.2) is 8.42 Å². The van der Waals surface area contributed by atoms with E-state index in [1.165, 1.54) is 16.7 Å². The lowest BCUT2D eigenvalue weighted by Crippen LogP contribution is -2.53. The standard InChI is InChI=1S/C30H37N3O4S2/c1-5-28(30(35)31-6-2)32(21-20-24-10-8-7-9-11-24)29(34)22-33(25-14-12-23(3)13-15-25)39(36,37)27-18-16-26(38-4)17-19-27/h7-19,28H,5-6,20-22H2,1-4H3,(H,31,35)/t28-/m0/s1. The Morgan fingerprint density at radius 1 is 0.923 bits per heavy atom. The fraction of sp³-hybridized carbons (Fsp3) is 0.333. The van der Waals surface area contributed by atoms with Crippen LogP contribution >= 0.6 is 11.8 Å². The molecule has 3 aromatic rings. The third kappa shape index (κ3) is 7.86. The highest BCUT2D eigenvalue weighted by Crippen LogP contribution is 2.26. The third-order valence-corrected chi connectivity index (χ3v) is 9.00. The molecule has 0 spiro atoms. The van der Waals surface area contributed by atoms with Gasteiger partial charge in [0, 0.05) is 18.0 Å². The molecule has 0 unspecified atom stereocenters. The van der Waals surface area contributed by atoms with Gasteiger partial charge >= 0.3 is 0 Å². The van der Waals surface area contributed by atoms with E-state index in [1.54, 1.807) is 36.4 Å². The second-order valence-electron chi connectivity index (χ2n) is 9.16. The molecule has 0 aromatic heterocycles. The molecule has 0 fully saturated rings. The first-order valence-corrected chi connectivity index (χ1v) is 15.7. The van der Waals surface area contributed by atoms with Crippen molar-refractivity contribution in [2.45, 2.75) is 49.4 Å². The number of amides is 2. The predicted molar refractivity (Wildman–Crippen MR) is 159 cm³/mol. The first-order valence-electron chi connectivity index (χ1n) is 13.1. The molecule has 2 amide bonds. The summed E-state index contributed by atoms with van der Waals surface area (Å²) in [4.78, 5) is 29.5. The SMILES string of the molecule is CCNC(=O)[C@H](CC)N(CCc1ccccc1)C(=O)CN(c1ccc(C)cc1)S(=O)(=O)c1ccc(SC)cc1. The van der Waals surface area contributed by atoms with Crippen LogP contribution in [-0.2, 0) is 26.0 Å². The molecule has 0 bridgehead atoms. The number of anilines is 1. The molecular weight excluding hydrogens is 530 g/mol. The van der Waals surface area contributed by atoms with Gasteiger partial charge < -0.3 is 10.2 Å². The van der Waals surface area contributed by atoms with Crippen molar-refractivity contribution in [3.63, 3.8) is 0 Å². The molecule has 0 aliphatic rings. The zero-order valence-electron chi connectivity index (χ0n) is 23.0. The zero-order valence-corrected chi connectivity index (χ0v) is 24.6. The molecule has 7 nitrogen and oxygen atoms in total. The number of nitrogens with one attached hydrogen (secondary N) is 1. The second-order valence-corrected chi connectivity index (χ2v) is 11.9. The Kier molecular flexibility index (Phi) is 11.0. The molecule has 0 aliphatic carbocycles. The van der Waals surface area contributed by atoms with Gasteiger partial charge in [0.25, 0.3) is 10.0 Å². The Bertz CT molecular complexity index is 1330. The van der Waals surface area contributed by atoms with Crippen molar-refractivity contribution in [2.75, 3.05) is 30.2 Å². The summed E-state index contributed by atoms with van der Waals surface area (Å²) in [6.45, 7) is 5.88. The summed E-state index contributed by atoms with van der Waals surface area (Å²) in [5.74, 6) is -0.687. The number of benzene rings is 3. The number of likely N-dealkylation sites (N-methyl/N-ethyl adjacent to an activating group) is 1. The van der Waals surface area contributed by atoms with Gasteiger partial charge in [-0.05, 0) is 74.9 Å². The van der Waals surface area contributed by atoms with E-state index in [9.17, 15) is 18.0 Å². The van der Waals surface area contributed by atoms with Gasteiger partial charge in [-0.3, -0.25) is 13.9 Å². The van der Waals surface area contributed by atoms with Gasteiger partial charge in [-0.1, -0.05) is 55.0 Å². The molecule has 1 atom stereocenters. The summed E-state index contributed by atoms with van der Waals surface area (Å²) in [5, 5.41) is 2.82. The van der Waals surface area contributed by atoms with Gasteiger partial charge in [0.05, 0.1) is 10.6 Å². The molecular formula is C30H37N3O4S2. The van der Waals surface area contributed by atoms with Gasteiger partial charge in [-0.15, -0.1) is 11.8 Å². The topological polar surface area (TPSA) is 86.8 Å². The number of nitrogens with zero attached hydrogens (tertiary/aromatic N) is 2. The van der Waals surface area contributed by atoms with E-state index < -0.39 is 28.5 Å². The first kappa shape index (κ1) is 30.2. The van der Waals surface area contributed by atoms with Gasteiger partial charge in [0.2, 0.25) is 11.8 Å². The minimum atomic E-state index is -4.07. The summed E-state index contributed by atoms with van der Waals surface area (Å²) in [5.41, 5.74) is 2.38. The molecule has 0 saturated carbocycles. The van der Waals surface area contributed by atoms with Crippen LogP contribution in [0.25, 0.3) is 0 Å². The van der Waals surface area contributed by atoms with Gasteiger partial charge in [-0.2, -0.15) is 0 Å². The molecule has 0 heterocycles. The van der Waals surface area contributed by atoms with E-state index in [4.69, 9.17) is 0 Å². The molecule has 3 rings (SSSR count). The lowest BCUT2D eigenvalue weighted by atomic mass is 10.1. The van der Waals surface area contributed by atoms with E-state index in [2.05, 4.69) is 5.32 Å². The Hall–Kier alpha value is -3.30. The van der Waals surface area contributed by atoms with Crippen molar-refractivity contribution in [3.05, 3.63) is 90.0 Å². The fourth-order valence-corrected chi connectivity index (χ4v) is 6.13. The largest absolute Gasteiger partial charge is 0.355 e. The van der Waals surface area contributed by atoms with Crippen molar-refractivity contribution in [1.29, 1.82) is 0 Å². The summed E-state index contributed by atoms with van der Waals surface area (Å²) in [6, 6.07) is 22.6. The van der Waals surface area contributed by atoms with Crippen LogP contribution in [-0.4, -0.2) is 57.1 Å². The van der Waals surface area contributed by atoms with E-state index in [0.717, 1.165) is 20.3 Å². The van der Waals surface area contributed by atoms with Crippen LogP contribution in [0.1, 0.15) is 31.4 Å². The normalized spacial score (nSPS) is 12.0. The fourth-order valence-electron chi connectivity index (χ4n) is 4.30. The molecule has 0 radical (unpaired) electrons. The van der Waals surface area contributed by atoms with E-state index in [-0.39, 0.29) is 17.3 Å². The summed E-state index contributed by atoms with van der Waals surface area (Å²) in [6.07, 6.45) is 2.86. The average molecular weight is 568 g/mol. The van der Waals surface area contributed by atoms with Crippen molar-refractivity contribution >= 4 is 39.3 Å². The van der Waals surface area contributed by atoms with Crippen LogP contribution in [0, 0.1) is 6.92 Å². The summed E-state index contributed by atoms with van der Waals surface area (Å²) in [7, 11) is -4.07. The Labute approximate surface area is 236 Å². The lowest BCUT2D eigenvalue weighted by molar-refractivity contribution is -0.139. The molecule has 39 heavy (non-hydrogen) atoms. The monoisotopic (exact) mass is 567 g/mol. The molecule has 0 aliphatic heterocycles. The van der Waals surface area contributed by atoms with Crippen LogP contribution in [0.3, 0.4) is 0 Å². The van der Waals surface area contributed by atoms with Crippen molar-refractivity contribution in [3.8, 4) is 0 Å². The van der Waals surface area contributed by atoms with Crippen LogP contribution in [0.4, 0.5) is 5.69 Å². The number of carbonyl (C=O) groups is 2. The molecule has 3 aromatic carbocycles. The number of thioether (sulfide) groups is 1. The highest BCUT2D eigenvalue weighted by atomic mass is 32.2. The average Bonchev–Trinajstić information content (AvgIpc) is 2.95. The quantitative estimate of drug-likeness (QED) is 0.297. The minimum Gasteiger partial charge on any atom is -0.355 e. The van der Waals surface area contributed by atoms with Gasteiger partial charge in [0.1, 0.15) is 12.6 Å². The Morgan fingerprint density at radius 2 is 1.56 bits per heavy atom. The number of sulfonamides is 1. The van der Waals surface area contributed by atoms with E-state index in [0.29, 0.717) is 25.1 Å². The summed E-state index contributed by atoms with van der Waals surface area (Å²) >= 11 is 1.52. The van der Waals surface area contributed by atoms with E-state index >= 15 is 0 Å². The number of aryl methyl sites for hydroxylation is 1. The summed E-state index contributed by atoms with van der Waals surface area (Å²) < 4.78 is 28.9. The maximum Gasteiger partial charge on any atom is 0.264 e. The van der Waals surface area contributed by atoms with Gasteiger partial charge in [0.15, 0.2) is 0 Å². The van der Waals surface area contributed by atoms with Crippen LogP contribution < -0.4 is 9.62 Å². The van der Waals surface area contributed by atoms with Crippen LogP contribution in [0.2, 0.25) is 0 Å². The Morgan fingerprint density at radius 3 is 2.13 bits per heavy atom. The lowest BCUT2D eigenvalue weighted by Gasteiger charge is -2.33. The highest BCUT2D eigenvalue weighted by molar-refractivity contribution is 7.98. The van der Waals surface area contributed by atoms with Crippen LogP contribution in [0.15, 0.2) is 88.7 Å². The Balaban J connectivity index is 2.00. The first-order chi connectivity index (χ1) is 18.7. The molecule has 9 heteroatoms. The number of hydrogen-bond donors (Lipinski definition) is 1. The second kappa shape index (κ2) is 14.2. The third-order valence-electron chi connectivity index (χ3n) is 6.47. The maximum atomic E-state index is 13.9. The molecule has 0 saturated heterocycles. The van der Waals surface area contributed by atoms with Crippen molar-refractivity contribution in [1.82, 2.24) is 10.2 Å². The van der Waals surface area contributed by atoms with Crippen molar-refractivity contribution < 1.29 is 18.0 Å². The number of carbonyl (C=O) groups excluding carboxylic acids is 2. The van der Waals surface area contributed by atoms with E-state index in [1.807, 2.05) is 69.5 Å². The number of rotatable bonds is 13. The van der Waals surface area contributed by atoms with Crippen LogP contribution in [0.5, 0.6) is 0 Å². The van der Waals surface area contributed by atoms with Crippen molar-refractivity contribution in [2.24, 2.45) is 0 Å². The maximum absolute atomic E-state index is 13.9. The molecule has 1 N–H and O–H groups in total. The predicted octanol–water partition coefficient (Wildman–Crippen LogP) is 4.90. The molecule has 208 valence electrons. The number of hydrogen-bond acceptors (Lipinski definition) is 5.